The zero-order valence-corrected chi connectivity index (χ0v) is 15.5. The van der Waals surface area contributed by atoms with Gasteiger partial charge in [0, 0.05) is 6.08 Å². The minimum atomic E-state index is -0.638. The van der Waals surface area contributed by atoms with Gasteiger partial charge in [0.1, 0.15) is 18.7 Å². The predicted molar refractivity (Wildman–Crippen MR) is 103 cm³/mol. The van der Waals surface area contributed by atoms with Crippen LogP contribution in [-0.2, 0) is 16.3 Å². The summed E-state index contributed by atoms with van der Waals surface area (Å²) in [6, 6.07) is 10.3. The third-order valence-electron chi connectivity index (χ3n) is 4.22. The Bertz CT molecular complexity index is 1140. The van der Waals surface area contributed by atoms with Crippen molar-refractivity contribution in [3.05, 3.63) is 58.4 Å². The third-order valence-corrected chi connectivity index (χ3v) is 4.22. The highest BCUT2D eigenvalue weighted by Crippen LogP contribution is 2.40. The van der Waals surface area contributed by atoms with Crippen LogP contribution in [0.4, 0.5) is 0 Å². The molecule has 0 N–H and O–H groups in total. The number of carbonyl (C=O) groups excluding carboxylic acids is 1. The van der Waals surface area contributed by atoms with Crippen LogP contribution in [0, 0.1) is 0 Å². The van der Waals surface area contributed by atoms with E-state index in [2.05, 4.69) is 10.3 Å². The van der Waals surface area contributed by atoms with E-state index in [1.807, 2.05) is 0 Å². The maximum absolute atomic E-state index is 12.3. The lowest BCUT2D eigenvalue weighted by atomic mass is 10.1. The van der Waals surface area contributed by atoms with Gasteiger partial charge in [-0.05, 0) is 35.9 Å². The lowest BCUT2D eigenvalue weighted by molar-refractivity contribution is -0.141. The van der Waals surface area contributed by atoms with Crippen molar-refractivity contribution in [2.45, 2.75) is 6.73 Å². The van der Waals surface area contributed by atoms with Gasteiger partial charge < -0.3 is 18.9 Å². The Labute approximate surface area is 165 Å². The first kappa shape index (κ1) is 18.5. The van der Waals surface area contributed by atoms with Crippen LogP contribution in [-0.4, -0.2) is 41.3 Å². The van der Waals surface area contributed by atoms with E-state index in [4.69, 9.17) is 18.9 Å². The van der Waals surface area contributed by atoms with E-state index < -0.39 is 5.97 Å². The van der Waals surface area contributed by atoms with Crippen LogP contribution in [0.15, 0.2) is 47.3 Å². The molecule has 1 aliphatic heterocycles. The Kier molecular flexibility index (Phi) is 5.10. The fourth-order valence-electron chi connectivity index (χ4n) is 2.83. The van der Waals surface area contributed by atoms with Crippen LogP contribution >= 0.6 is 0 Å². The third kappa shape index (κ3) is 3.88. The van der Waals surface area contributed by atoms with Crippen molar-refractivity contribution in [1.29, 1.82) is 0 Å². The van der Waals surface area contributed by atoms with Crippen LogP contribution < -0.4 is 19.8 Å². The Morgan fingerprint density at radius 3 is 2.93 bits per heavy atom. The van der Waals surface area contributed by atoms with E-state index in [1.165, 1.54) is 13.2 Å². The van der Waals surface area contributed by atoms with Crippen molar-refractivity contribution in [1.82, 2.24) is 15.0 Å². The highest BCUT2D eigenvalue weighted by Gasteiger charge is 2.17. The van der Waals surface area contributed by atoms with E-state index in [1.54, 1.807) is 42.5 Å². The van der Waals surface area contributed by atoms with Crippen LogP contribution in [0.1, 0.15) is 5.56 Å². The topological polar surface area (TPSA) is 102 Å². The first-order valence-electron chi connectivity index (χ1n) is 8.81. The standard InChI is InChI=1S/C20H17N3O6/c1-26-16-10-13(11-17-19(16)28-9-8-27-17)6-7-18(24)29-12-23-20(25)14-4-2-3-5-15(14)21-22-23/h2-7,10-11H,8-9,12H2,1H3/b7-6+. The van der Waals surface area contributed by atoms with Crippen LogP contribution in [0.2, 0.25) is 0 Å². The molecule has 1 aromatic heterocycles. The van der Waals surface area contributed by atoms with E-state index >= 15 is 0 Å². The molecular formula is C20H17N3O6. The number of benzene rings is 2. The molecule has 0 atom stereocenters. The van der Waals surface area contributed by atoms with Crippen LogP contribution in [0.3, 0.4) is 0 Å². The number of carbonyl (C=O) groups is 1. The molecule has 0 radical (unpaired) electrons. The molecule has 1 aliphatic rings. The molecule has 0 aliphatic carbocycles. The molecule has 0 saturated heterocycles. The Hall–Kier alpha value is -3.88. The number of nitrogens with zero attached hydrogens (tertiary/aromatic N) is 3. The normalized spacial score (nSPS) is 12.9. The van der Waals surface area contributed by atoms with Gasteiger partial charge in [0.15, 0.2) is 18.2 Å². The van der Waals surface area contributed by atoms with E-state index in [-0.39, 0.29) is 12.3 Å². The van der Waals surface area contributed by atoms with Gasteiger partial charge >= 0.3 is 5.97 Å². The summed E-state index contributed by atoms with van der Waals surface area (Å²) in [5, 5.41) is 8.11. The first-order chi connectivity index (χ1) is 14.2. The average molecular weight is 395 g/mol. The van der Waals surface area contributed by atoms with Crippen molar-refractivity contribution in [2.24, 2.45) is 0 Å². The number of fused-ring (bicyclic) bond motifs is 2. The van der Waals surface area contributed by atoms with Crippen molar-refractivity contribution in [3.63, 3.8) is 0 Å². The predicted octanol–water partition coefficient (Wildman–Crippen LogP) is 1.79. The maximum Gasteiger partial charge on any atom is 0.332 e. The van der Waals surface area contributed by atoms with Gasteiger partial charge in [-0.25, -0.2) is 4.79 Å². The molecule has 148 valence electrons. The smallest absolute Gasteiger partial charge is 0.332 e. The van der Waals surface area contributed by atoms with Crippen molar-refractivity contribution >= 4 is 22.9 Å². The molecule has 9 heteroatoms. The van der Waals surface area contributed by atoms with Gasteiger partial charge in [0.2, 0.25) is 5.75 Å². The SMILES string of the molecule is COc1cc(/C=C/C(=O)OCn2nnc3ccccc3c2=O)cc2c1OCCO2. The second kappa shape index (κ2) is 8.01. The summed E-state index contributed by atoms with van der Waals surface area (Å²) in [5.41, 5.74) is 0.766. The summed E-state index contributed by atoms with van der Waals surface area (Å²) in [6.07, 6.45) is 2.79. The molecular weight excluding hydrogens is 378 g/mol. The van der Waals surface area contributed by atoms with Gasteiger partial charge in [-0.15, -0.1) is 5.10 Å². The van der Waals surface area contributed by atoms with Crippen LogP contribution in [0.25, 0.3) is 17.0 Å². The quantitative estimate of drug-likeness (QED) is 0.476. The Balaban J connectivity index is 1.46. The molecule has 2 heterocycles. The van der Waals surface area contributed by atoms with Crippen LogP contribution in [0.5, 0.6) is 17.2 Å². The number of hydrogen-bond acceptors (Lipinski definition) is 8. The second-order valence-electron chi connectivity index (χ2n) is 6.08. The van der Waals surface area contributed by atoms with E-state index in [0.717, 1.165) is 4.68 Å². The second-order valence-corrected chi connectivity index (χ2v) is 6.08. The minimum Gasteiger partial charge on any atom is -0.493 e. The molecule has 2 aromatic carbocycles. The maximum atomic E-state index is 12.3. The largest absolute Gasteiger partial charge is 0.493 e. The van der Waals surface area contributed by atoms with E-state index in [9.17, 15) is 9.59 Å². The molecule has 0 unspecified atom stereocenters. The van der Waals surface area contributed by atoms with Gasteiger partial charge in [0.25, 0.3) is 5.56 Å². The van der Waals surface area contributed by atoms with Gasteiger partial charge in [-0.2, -0.15) is 4.68 Å². The number of rotatable bonds is 5. The zero-order chi connectivity index (χ0) is 20.2. The number of hydrogen-bond donors (Lipinski definition) is 0. The Morgan fingerprint density at radius 2 is 2.07 bits per heavy atom. The molecule has 0 fully saturated rings. The molecule has 0 saturated carbocycles. The monoisotopic (exact) mass is 395 g/mol. The Morgan fingerprint density at radius 1 is 1.24 bits per heavy atom. The summed E-state index contributed by atoms with van der Waals surface area (Å²) in [4.78, 5) is 24.4. The molecule has 9 nitrogen and oxygen atoms in total. The van der Waals surface area contributed by atoms with Crippen molar-refractivity contribution in [2.75, 3.05) is 20.3 Å². The summed E-state index contributed by atoms with van der Waals surface area (Å²) in [7, 11) is 1.53. The fourth-order valence-corrected chi connectivity index (χ4v) is 2.83. The highest BCUT2D eigenvalue weighted by atomic mass is 16.6. The molecule has 0 amide bonds. The minimum absolute atomic E-state index is 0.343. The molecule has 0 spiro atoms. The lowest BCUT2D eigenvalue weighted by Crippen LogP contribution is -2.26. The van der Waals surface area contributed by atoms with Gasteiger partial charge in [-0.1, -0.05) is 17.3 Å². The van der Waals surface area contributed by atoms with Crippen molar-refractivity contribution < 1.29 is 23.7 Å². The summed E-state index contributed by atoms with van der Waals surface area (Å²) in [5.74, 6) is 0.947. The summed E-state index contributed by atoms with van der Waals surface area (Å²) < 4.78 is 22.5. The average Bonchev–Trinajstić information content (AvgIpc) is 2.76. The van der Waals surface area contributed by atoms with E-state index in [0.29, 0.717) is 46.9 Å². The molecule has 29 heavy (non-hydrogen) atoms. The summed E-state index contributed by atoms with van der Waals surface area (Å²) >= 11 is 0. The molecule has 0 bridgehead atoms. The number of ether oxygens (including phenoxy) is 4. The summed E-state index contributed by atoms with van der Waals surface area (Å²) in [6.45, 7) is 0.541. The van der Waals surface area contributed by atoms with Gasteiger partial charge in [-0.3, -0.25) is 4.79 Å². The van der Waals surface area contributed by atoms with Crippen molar-refractivity contribution in [3.8, 4) is 17.2 Å². The van der Waals surface area contributed by atoms with Gasteiger partial charge in [0.05, 0.1) is 12.5 Å². The lowest BCUT2D eigenvalue weighted by Gasteiger charge is -2.20. The number of methoxy groups -OCH3 is 1. The number of esters is 1. The first-order valence-corrected chi connectivity index (χ1v) is 8.81. The zero-order valence-electron chi connectivity index (χ0n) is 15.5. The molecule has 3 aromatic rings. The number of aromatic nitrogens is 3. The fraction of sp³-hybridized carbons (Fsp3) is 0.200. The highest BCUT2D eigenvalue weighted by molar-refractivity contribution is 5.87. The molecule has 4 rings (SSSR count).